The summed E-state index contributed by atoms with van der Waals surface area (Å²) >= 11 is 0. The third kappa shape index (κ3) is 4.92. The number of anilines is 1. The van der Waals surface area contributed by atoms with Crippen LogP contribution < -0.4 is 16.0 Å². The van der Waals surface area contributed by atoms with E-state index in [9.17, 15) is 0 Å². The van der Waals surface area contributed by atoms with Crippen molar-refractivity contribution in [2.75, 3.05) is 25.6 Å². The number of nitrogens with one attached hydrogen (secondary N) is 3. The summed E-state index contributed by atoms with van der Waals surface area (Å²) < 4.78 is 0. The summed E-state index contributed by atoms with van der Waals surface area (Å²) in [6, 6.07) is 26.2. The molecule has 7 nitrogen and oxygen atoms in total. The Labute approximate surface area is 273 Å². The van der Waals surface area contributed by atoms with Crippen LogP contribution >= 0.6 is 0 Å². The molecule has 1 aliphatic carbocycles. The average molecular weight is 612 g/mol. The molecule has 4 aliphatic rings. The topological polar surface area (TPSA) is 77.5 Å². The van der Waals surface area contributed by atoms with E-state index in [1.165, 1.54) is 33.4 Å². The van der Waals surface area contributed by atoms with Gasteiger partial charge in [0.05, 0.1) is 41.5 Å². The van der Waals surface area contributed by atoms with Crippen molar-refractivity contribution in [2.24, 2.45) is 4.99 Å². The van der Waals surface area contributed by atoms with Crippen LogP contribution in [-0.2, 0) is 0 Å². The molecule has 0 amide bonds. The SMILES string of the molecule is CN1CNC=NC1c1ccc2ccc(C3=CC=C4C=CC(c5ccc(-c6cc7c(c8ncccc68)NCC=C7)cc5)=CC4N3)cc2n1. The van der Waals surface area contributed by atoms with Gasteiger partial charge in [0.1, 0.15) is 6.17 Å². The number of pyridine rings is 2. The Balaban J connectivity index is 0.983. The van der Waals surface area contributed by atoms with Gasteiger partial charge in [-0.3, -0.25) is 14.9 Å². The van der Waals surface area contributed by atoms with Crippen molar-refractivity contribution in [3.8, 4) is 11.1 Å². The van der Waals surface area contributed by atoms with E-state index >= 15 is 0 Å². The second-order valence-corrected chi connectivity index (χ2v) is 12.4. The Morgan fingerprint density at radius 3 is 2.66 bits per heavy atom. The van der Waals surface area contributed by atoms with Crippen molar-refractivity contribution in [3.05, 3.63) is 143 Å². The number of benzene rings is 3. The van der Waals surface area contributed by atoms with E-state index in [0.29, 0.717) is 0 Å². The van der Waals surface area contributed by atoms with Crippen LogP contribution in [0.1, 0.15) is 28.6 Å². The first-order chi connectivity index (χ1) is 23.2. The molecule has 7 heteroatoms. The lowest BCUT2D eigenvalue weighted by Gasteiger charge is -2.28. The van der Waals surface area contributed by atoms with E-state index in [0.717, 1.165) is 57.7 Å². The van der Waals surface area contributed by atoms with Gasteiger partial charge in [-0.05, 0) is 70.8 Å². The van der Waals surface area contributed by atoms with E-state index in [-0.39, 0.29) is 12.2 Å². The zero-order valence-corrected chi connectivity index (χ0v) is 26.0. The highest BCUT2D eigenvalue weighted by Crippen LogP contribution is 2.38. The van der Waals surface area contributed by atoms with Gasteiger partial charge in [-0.2, -0.15) is 0 Å². The van der Waals surface area contributed by atoms with Crippen LogP contribution in [0.3, 0.4) is 0 Å². The fourth-order valence-electron chi connectivity index (χ4n) is 6.94. The number of nitrogens with zero attached hydrogens (tertiary/aromatic N) is 4. The number of rotatable bonds is 4. The van der Waals surface area contributed by atoms with Gasteiger partial charge >= 0.3 is 0 Å². The molecular formula is C40H33N7. The van der Waals surface area contributed by atoms with Gasteiger partial charge in [0.2, 0.25) is 0 Å². The summed E-state index contributed by atoms with van der Waals surface area (Å²) in [6.07, 6.45) is 19.1. The molecule has 0 radical (unpaired) electrons. The van der Waals surface area contributed by atoms with Gasteiger partial charge < -0.3 is 16.0 Å². The molecule has 2 aromatic heterocycles. The third-order valence-corrected chi connectivity index (χ3v) is 9.42. The molecule has 5 heterocycles. The minimum absolute atomic E-state index is 0.0809. The van der Waals surface area contributed by atoms with Crippen LogP contribution in [0.25, 0.3) is 50.3 Å². The minimum atomic E-state index is -0.0859. The van der Waals surface area contributed by atoms with Crippen molar-refractivity contribution in [1.29, 1.82) is 0 Å². The predicted molar refractivity (Wildman–Crippen MR) is 194 cm³/mol. The Kier molecular flexibility index (Phi) is 6.57. The number of fused-ring (bicyclic) bond motifs is 5. The van der Waals surface area contributed by atoms with Gasteiger partial charge in [-0.25, -0.2) is 4.98 Å². The first-order valence-corrected chi connectivity index (χ1v) is 16.1. The summed E-state index contributed by atoms with van der Waals surface area (Å²) in [6.45, 7) is 1.57. The quantitative estimate of drug-likeness (QED) is 0.198. The molecule has 3 aromatic carbocycles. The van der Waals surface area contributed by atoms with Crippen molar-refractivity contribution >= 4 is 51.2 Å². The highest BCUT2D eigenvalue weighted by atomic mass is 15.3. The summed E-state index contributed by atoms with van der Waals surface area (Å²) in [5.74, 6) is 0. The molecular weight excluding hydrogens is 578 g/mol. The maximum atomic E-state index is 5.02. The highest BCUT2D eigenvalue weighted by Gasteiger charge is 2.22. The first-order valence-electron chi connectivity index (χ1n) is 16.1. The van der Waals surface area contributed by atoms with Gasteiger partial charge in [0.15, 0.2) is 0 Å². The smallest absolute Gasteiger partial charge is 0.147 e. The lowest BCUT2D eigenvalue weighted by molar-refractivity contribution is 0.232. The molecule has 2 atom stereocenters. The summed E-state index contributed by atoms with van der Waals surface area (Å²) in [5, 5.41) is 12.7. The Morgan fingerprint density at radius 1 is 0.872 bits per heavy atom. The second kappa shape index (κ2) is 11.2. The van der Waals surface area contributed by atoms with E-state index < -0.39 is 0 Å². The molecule has 0 fully saturated rings. The number of hydrogen-bond donors (Lipinski definition) is 3. The summed E-state index contributed by atoms with van der Waals surface area (Å²) in [7, 11) is 2.05. The Bertz CT molecular complexity index is 2250. The maximum absolute atomic E-state index is 5.02. The molecule has 5 aromatic rings. The van der Waals surface area contributed by atoms with Crippen LogP contribution in [0.5, 0.6) is 0 Å². The molecule has 0 bridgehead atoms. The predicted octanol–water partition coefficient (Wildman–Crippen LogP) is 7.30. The van der Waals surface area contributed by atoms with Crippen LogP contribution in [0.4, 0.5) is 5.69 Å². The maximum Gasteiger partial charge on any atom is 0.147 e. The normalized spacial score (nSPS) is 20.0. The van der Waals surface area contributed by atoms with Gasteiger partial charge in [-0.15, -0.1) is 0 Å². The first kappa shape index (κ1) is 27.5. The molecule has 2 unspecified atom stereocenters. The zero-order chi connectivity index (χ0) is 31.3. The monoisotopic (exact) mass is 611 g/mol. The third-order valence-electron chi connectivity index (χ3n) is 9.42. The van der Waals surface area contributed by atoms with E-state index in [4.69, 9.17) is 9.97 Å². The van der Waals surface area contributed by atoms with E-state index in [2.05, 4.69) is 142 Å². The number of allylic oxidation sites excluding steroid dienone is 4. The average Bonchev–Trinajstić information content (AvgIpc) is 3.14. The molecule has 228 valence electrons. The van der Waals surface area contributed by atoms with Crippen molar-refractivity contribution in [3.63, 3.8) is 0 Å². The summed E-state index contributed by atoms with van der Waals surface area (Å²) in [5.41, 5.74) is 13.4. The Hall–Kier alpha value is -5.79. The van der Waals surface area contributed by atoms with E-state index in [1.54, 1.807) is 6.34 Å². The van der Waals surface area contributed by atoms with Crippen molar-refractivity contribution in [1.82, 2.24) is 25.5 Å². The fraction of sp³-hybridized carbons (Fsp3) is 0.125. The lowest BCUT2D eigenvalue weighted by Crippen LogP contribution is -2.37. The molecule has 47 heavy (non-hydrogen) atoms. The number of dihydropyridines is 1. The number of hydrogen-bond acceptors (Lipinski definition) is 7. The molecule has 0 saturated carbocycles. The van der Waals surface area contributed by atoms with Crippen LogP contribution in [0, 0.1) is 0 Å². The molecule has 3 aliphatic heterocycles. The van der Waals surface area contributed by atoms with Crippen LogP contribution in [0.15, 0.2) is 126 Å². The highest BCUT2D eigenvalue weighted by molar-refractivity contribution is 6.05. The van der Waals surface area contributed by atoms with E-state index in [1.807, 2.05) is 12.3 Å². The molecule has 0 spiro atoms. The molecule has 3 N–H and O–H groups in total. The van der Waals surface area contributed by atoms with Gasteiger partial charge in [-0.1, -0.05) is 85.0 Å². The summed E-state index contributed by atoms with van der Waals surface area (Å²) in [4.78, 5) is 16.5. The Morgan fingerprint density at radius 2 is 1.74 bits per heavy atom. The zero-order valence-electron chi connectivity index (χ0n) is 26.0. The molecule has 9 rings (SSSR count). The standard InChI is InChI=1S/C40H33N7/c1-47-24-41-23-44-40(47)35-17-15-28-11-13-30(22-37(28)46-35)34-16-14-27-10-12-29(21-36(27)45-34)25-6-8-26(9-7-25)33-20-31-4-2-18-42-38(31)39-32(33)5-3-19-43-39/h2-17,19-23,36,40,42,45H,18,24H2,1H3,(H,41,44). The van der Waals surface area contributed by atoms with Crippen molar-refractivity contribution < 1.29 is 0 Å². The molecule has 0 saturated heterocycles. The van der Waals surface area contributed by atoms with Gasteiger partial charge in [0.25, 0.3) is 0 Å². The lowest BCUT2D eigenvalue weighted by atomic mass is 9.89. The largest absolute Gasteiger partial charge is 0.379 e. The van der Waals surface area contributed by atoms with Crippen LogP contribution in [-0.4, -0.2) is 47.5 Å². The van der Waals surface area contributed by atoms with Crippen LogP contribution in [0.2, 0.25) is 0 Å². The van der Waals surface area contributed by atoms with Crippen molar-refractivity contribution in [2.45, 2.75) is 12.2 Å². The second-order valence-electron chi connectivity index (χ2n) is 12.4. The fourth-order valence-corrected chi connectivity index (χ4v) is 6.94. The number of aromatic nitrogens is 2. The van der Waals surface area contributed by atoms with Gasteiger partial charge in [0, 0.05) is 34.8 Å². The number of aliphatic imine (C=N–C) groups is 1. The minimum Gasteiger partial charge on any atom is -0.379 e.